The van der Waals surface area contributed by atoms with E-state index in [0.29, 0.717) is 18.4 Å². The van der Waals surface area contributed by atoms with Crippen molar-refractivity contribution in [3.8, 4) is 0 Å². The van der Waals surface area contributed by atoms with E-state index in [4.69, 9.17) is 32.2 Å². The highest BCUT2D eigenvalue weighted by Crippen LogP contribution is 2.34. The van der Waals surface area contributed by atoms with E-state index in [9.17, 15) is 4.79 Å². The third-order valence-electron chi connectivity index (χ3n) is 5.81. The molecular weight excluding hydrogens is 525 g/mol. The summed E-state index contributed by atoms with van der Waals surface area (Å²) >= 11 is 0. The van der Waals surface area contributed by atoms with Crippen LogP contribution < -0.4 is 0 Å². The van der Waals surface area contributed by atoms with Gasteiger partial charge in [0.1, 0.15) is 12.7 Å². The molecule has 7 atom stereocenters. The smallest absolute Gasteiger partial charge is 0.333 e. The Morgan fingerprint density at radius 3 is 1.92 bits per heavy atom. The Labute approximate surface area is 228 Å². The van der Waals surface area contributed by atoms with Crippen molar-refractivity contribution in [2.75, 3.05) is 6.61 Å². The predicted octanol–water partition coefficient (Wildman–Crippen LogP) is 5.81. The summed E-state index contributed by atoms with van der Waals surface area (Å²) in [5.41, 5.74) is 0.343. The molecule has 0 bridgehead atoms. The lowest BCUT2D eigenvalue weighted by atomic mass is 10.0. The van der Waals surface area contributed by atoms with Crippen LogP contribution >= 0.6 is 0 Å². The summed E-state index contributed by atoms with van der Waals surface area (Å²) in [4.78, 5) is 12.2. The van der Waals surface area contributed by atoms with E-state index in [1.165, 1.54) is 0 Å². The van der Waals surface area contributed by atoms with E-state index in [2.05, 4.69) is 72.4 Å². The van der Waals surface area contributed by atoms with Gasteiger partial charge in [-0.15, -0.1) is 0 Å². The summed E-state index contributed by atoms with van der Waals surface area (Å²) in [5.74, 6) is -0.450. The van der Waals surface area contributed by atoms with Gasteiger partial charge >= 0.3 is 5.97 Å². The maximum Gasteiger partial charge on any atom is 0.333 e. The Hall–Kier alpha value is -0.379. The molecule has 4 unspecified atom stereocenters. The van der Waals surface area contributed by atoms with Gasteiger partial charge in [-0.05, 0) is 78.7 Å². The molecule has 8 nitrogen and oxygen atoms in total. The fourth-order valence-electron chi connectivity index (χ4n) is 4.57. The zero-order chi connectivity index (χ0) is 28.2. The summed E-state index contributed by atoms with van der Waals surface area (Å²) in [6.45, 7) is 27.0. The van der Waals surface area contributed by atoms with Crippen LogP contribution in [-0.4, -0.2) is 80.6 Å². The quantitative estimate of drug-likeness (QED) is 0.163. The van der Waals surface area contributed by atoms with E-state index in [1.807, 2.05) is 0 Å². The molecule has 0 aromatic carbocycles. The molecule has 2 saturated heterocycles. The maximum absolute atomic E-state index is 12.2. The molecule has 2 heterocycles. The van der Waals surface area contributed by atoms with Crippen LogP contribution in [0.4, 0.5) is 0 Å². The number of carbonyl (C=O) groups excluding carboxylic acids is 1. The lowest BCUT2D eigenvalue weighted by molar-refractivity contribution is -0.319. The summed E-state index contributed by atoms with van der Waals surface area (Å²) in [6.07, 6.45) is 0.953. The minimum absolute atomic E-state index is 0.0384. The first-order valence-corrected chi connectivity index (χ1v) is 23.9. The van der Waals surface area contributed by atoms with Crippen molar-refractivity contribution < 1.29 is 37.0 Å². The third kappa shape index (κ3) is 12.1. The Morgan fingerprint density at radius 2 is 1.41 bits per heavy atom. The van der Waals surface area contributed by atoms with Crippen molar-refractivity contribution in [3.05, 3.63) is 12.2 Å². The van der Waals surface area contributed by atoms with Gasteiger partial charge in [0.15, 0.2) is 37.5 Å². The second kappa shape index (κ2) is 13.3. The van der Waals surface area contributed by atoms with Gasteiger partial charge in [-0.25, -0.2) is 4.79 Å². The number of hydrogen-bond acceptors (Lipinski definition) is 8. The van der Waals surface area contributed by atoms with Gasteiger partial charge in [0, 0.05) is 18.4 Å². The largest absolute Gasteiger partial charge is 0.459 e. The number of hydrogen-bond donors (Lipinski definition) is 0. The van der Waals surface area contributed by atoms with Crippen molar-refractivity contribution in [2.45, 2.75) is 142 Å². The second-order valence-corrected chi connectivity index (χ2v) is 26.6. The highest BCUT2D eigenvalue weighted by molar-refractivity contribution is 6.70. The van der Waals surface area contributed by atoms with Gasteiger partial charge in [-0.3, -0.25) is 0 Å². The fraction of sp³-hybridized carbons (Fsp3) is 0.885. The van der Waals surface area contributed by atoms with Crippen molar-refractivity contribution in [3.63, 3.8) is 0 Å². The summed E-state index contributed by atoms with van der Waals surface area (Å²) in [7, 11) is -5.61. The first kappa shape index (κ1) is 32.8. The van der Waals surface area contributed by atoms with Gasteiger partial charge in [0.05, 0.1) is 24.4 Å². The number of esters is 1. The van der Waals surface area contributed by atoms with Crippen LogP contribution in [0.25, 0.3) is 0 Å². The third-order valence-corrected chi connectivity index (χ3v) is 8.84. The number of rotatable bonds is 12. The van der Waals surface area contributed by atoms with Gasteiger partial charge in [-0.1, -0.05) is 13.5 Å². The highest BCUT2D eigenvalue weighted by atomic mass is 28.4. The summed E-state index contributed by atoms with van der Waals surface area (Å²) in [6, 6.07) is 0. The van der Waals surface area contributed by atoms with Crippen molar-refractivity contribution in [2.24, 2.45) is 0 Å². The van der Waals surface area contributed by atoms with Crippen LogP contribution in [0.1, 0.15) is 39.5 Å². The Balaban J connectivity index is 2.25. The van der Waals surface area contributed by atoms with Crippen molar-refractivity contribution >= 4 is 30.9 Å². The minimum atomic E-state index is -1.97. The topological polar surface area (TPSA) is 81.7 Å². The molecule has 37 heavy (non-hydrogen) atoms. The molecule has 0 aliphatic carbocycles. The van der Waals surface area contributed by atoms with Crippen LogP contribution in [0.2, 0.25) is 58.9 Å². The van der Waals surface area contributed by atoms with E-state index in [-0.39, 0.29) is 31.0 Å². The van der Waals surface area contributed by atoms with Crippen LogP contribution in [0.3, 0.4) is 0 Å². The first-order valence-electron chi connectivity index (χ1n) is 13.7. The minimum Gasteiger partial charge on any atom is -0.459 e. The predicted molar refractivity (Wildman–Crippen MR) is 153 cm³/mol. The van der Waals surface area contributed by atoms with E-state index in [0.717, 1.165) is 12.8 Å². The van der Waals surface area contributed by atoms with Crippen LogP contribution in [0, 0.1) is 0 Å². The molecule has 0 radical (unpaired) electrons. The van der Waals surface area contributed by atoms with Crippen LogP contribution in [0.5, 0.6) is 0 Å². The lowest BCUT2D eigenvalue weighted by Crippen LogP contribution is -2.58. The summed E-state index contributed by atoms with van der Waals surface area (Å²) < 4.78 is 44.3. The molecule has 11 heteroatoms. The molecule has 2 fully saturated rings. The maximum atomic E-state index is 12.2. The Kier molecular flexibility index (Phi) is 11.8. The summed E-state index contributed by atoms with van der Waals surface area (Å²) in [5, 5.41) is 0. The van der Waals surface area contributed by atoms with Gasteiger partial charge in [-0.2, -0.15) is 0 Å². The highest BCUT2D eigenvalue weighted by Gasteiger charge is 2.46. The molecule has 0 saturated carbocycles. The number of carbonyl (C=O) groups is 1. The van der Waals surface area contributed by atoms with Crippen molar-refractivity contribution in [1.29, 1.82) is 0 Å². The van der Waals surface area contributed by atoms with E-state index >= 15 is 0 Å². The van der Waals surface area contributed by atoms with Crippen molar-refractivity contribution in [1.82, 2.24) is 0 Å². The second-order valence-electron chi connectivity index (χ2n) is 13.2. The van der Waals surface area contributed by atoms with Gasteiger partial charge < -0.3 is 32.2 Å². The van der Waals surface area contributed by atoms with Gasteiger partial charge in [0.2, 0.25) is 0 Å². The SMILES string of the molecule is C=C(C)C(=O)OC[C@H]1O[C@H](OC2CC(O[Si](C)(C)C)C[C@@H](CC)O2)CC(O[Si](C)(C)C)C1O[Si](C)(C)C. The molecule has 0 aromatic rings. The standard InChI is InChI=1S/C26H52O8Si3/c1-13-19-14-20(32-35(4,5)6)15-23(29-19)31-24-16-21(33-36(7,8)9)25(34-37(10,11)12)22(30-24)17-28-26(27)18(2)3/h19-25H,2,13-17H2,1,3-12H3/t19-,20?,21?,22-,23?,24-,25?/m1/s1. The normalized spacial score (nSPS) is 31.7. The molecular formula is C26H52O8Si3. The molecule has 2 rings (SSSR count). The molecule has 0 spiro atoms. The first-order chi connectivity index (χ1) is 16.8. The number of ether oxygens (including phenoxy) is 4. The lowest BCUT2D eigenvalue weighted by Gasteiger charge is -2.46. The fourth-order valence-corrected chi connectivity index (χ4v) is 8.02. The molecule has 0 aromatic heterocycles. The molecule has 0 N–H and O–H groups in total. The van der Waals surface area contributed by atoms with Gasteiger partial charge in [0.25, 0.3) is 0 Å². The average molecular weight is 577 g/mol. The molecule has 0 amide bonds. The van der Waals surface area contributed by atoms with E-state index < -0.39 is 49.6 Å². The monoisotopic (exact) mass is 576 g/mol. The molecule has 2 aliphatic rings. The Morgan fingerprint density at radius 1 is 0.838 bits per heavy atom. The van der Waals surface area contributed by atoms with E-state index in [1.54, 1.807) is 6.92 Å². The molecule has 216 valence electrons. The zero-order valence-corrected chi connectivity index (χ0v) is 28.1. The van der Waals surface area contributed by atoms with Crippen LogP contribution in [-0.2, 0) is 37.0 Å². The average Bonchev–Trinajstić information content (AvgIpc) is 2.70. The molecule has 2 aliphatic heterocycles. The zero-order valence-electron chi connectivity index (χ0n) is 25.1. The van der Waals surface area contributed by atoms with Crippen LogP contribution in [0.15, 0.2) is 12.2 Å². The Bertz CT molecular complexity index is 758.